The summed E-state index contributed by atoms with van der Waals surface area (Å²) in [6.07, 6.45) is 12.8. The van der Waals surface area contributed by atoms with Crippen molar-refractivity contribution in [2.75, 3.05) is 19.8 Å². The molecule has 0 aromatic rings. The van der Waals surface area contributed by atoms with Crippen LogP contribution in [0.4, 0.5) is 0 Å². The molecule has 0 spiro atoms. The van der Waals surface area contributed by atoms with Crippen LogP contribution in [0.1, 0.15) is 65.2 Å². The Morgan fingerprint density at radius 3 is 2.11 bits per heavy atom. The van der Waals surface area contributed by atoms with Gasteiger partial charge in [0.05, 0.1) is 0 Å². The first-order valence-electron chi connectivity index (χ1n) is 7.84. The molecule has 0 rings (SSSR count). The SMILES string of the molecule is CCCOC(CCCCC/C=C\CCO)OCCC. The normalized spacial score (nSPS) is 11.8. The molecule has 3 heteroatoms. The Bertz CT molecular complexity index is 184. The largest absolute Gasteiger partial charge is 0.396 e. The second-order valence-electron chi connectivity index (χ2n) is 4.79. The van der Waals surface area contributed by atoms with Gasteiger partial charge in [-0.05, 0) is 44.9 Å². The molecule has 0 aliphatic carbocycles. The Labute approximate surface area is 119 Å². The average molecular weight is 272 g/mol. The summed E-state index contributed by atoms with van der Waals surface area (Å²) in [6.45, 7) is 6.07. The molecule has 3 nitrogen and oxygen atoms in total. The van der Waals surface area contributed by atoms with Crippen molar-refractivity contribution in [3.8, 4) is 0 Å². The molecular weight excluding hydrogens is 240 g/mol. The fraction of sp³-hybridized carbons (Fsp3) is 0.875. The van der Waals surface area contributed by atoms with Gasteiger partial charge in [0.2, 0.25) is 0 Å². The van der Waals surface area contributed by atoms with Gasteiger partial charge in [-0.2, -0.15) is 0 Å². The zero-order valence-electron chi connectivity index (χ0n) is 12.8. The highest BCUT2D eigenvalue weighted by atomic mass is 16.7. The van der Waals surface area contributed by atoms with Crippen molar-refractivity contribution in [3.05, 3.63) is 12.2 Å². The first-order chi connectivity index (χ1) is 9.35. The van der Waals surface area contributed by atoms with Gasteiger partial charge in [0.1, 0.15) is 0 Å². The van der Waals surface area contributed by atoms with Gasteiger partial charge < -0.3 is 14.6 Å². The van der Waals surface area contributed by atoms with E-state index in [2.05, 4.69) is 26.0 Å². The van der Waals surface area contributed by atoms with Crippen LogP contribution < -0.4 is 0 Å². The van der Waals surface area contributed by atoms with Crippen LogP contribution in [0.3, 0.4) is 0 Å². The molecule has 0 aromatic heterocycles. The van der Waals surface area contributed by atoms with Crippen LogP contribution in [-0.4, -0.2) is 31.2 Å². The quantitative estimate of drug-likeness (QED) is 0.294. The van der Waals surface area contributed by atoms with Gasteiger partial charge in [0.25, 0.3) is 0 Å². The zero-order valence-corrected chi connectivity index (χ0v) is 12.8. The number of unbranched alkanes of at least 4 members (excludes halogenated alkanes) is 3. The third-order valence-electron chi connectivity index (χ3n) is 2.79. The Morgan fingerprint density at radius 2 is 1.53 bits per heavy atom. The highest BCUT2D eigenvalue weighted by Crippen LogP contribution is 2.11. The molecule has 0 saturated carbocycles. The van der Waals surface area contributed by atoms with Gasteiger partial charge in [0, 0.05) is 19.8 Å². The van der Waals surface area contributed by atoms with Gasteiger partial charge >= 0.3 is 0 Å². The van der Waals surface area contributed by atoms with E-state index in [-0.39, 0.29) is 12.9 Å². The minimum atomic E-state index is -0.00942. The molecule has 0 atom stereocenters. The molecule has 0 aromatic carbocycles. The predicted molar refractivity (Wildman–Crippen MR) is 80.2 cm³/mol. The van der Waals surface area contributed by atoms with Crippen molar-refractivity contribution in [1.82, 2.24) is 0 Å². The first-order valence-corrected chi connectivity index (χ1v) is 7.84. The van der Waals surface area contributed by atoms with E-state index in [1.54, 1.807) is 0 Å². The van der Waals surface area contributed by atoms with Gasteiger partial charge in [-0.15, -0.1) is 0 Å². The van der Waals surface area contributed by atoms with Crippen LogP contribution in [0, 0.1) is 0 Å². The van der Waals surface area contributed by atoms with Crippen LogP contribution in [-0.2, 0) is 9.47 Å². The van der Waals surface area contributed by atoms with Crippen LogP contribution >= 0.6 is 0 Å². The smallest absolute Gasteiger partial charge is 0.157 e. The molecule has 1 N–H and O–H groups in total. The maximum Gasteiger partial charge on any atom is 0.157 e. The van der Waals surface area contributed by atoms with E-state index in [0.717, 1.165) is 51.7 Å². The Balaban J connectivity index is 3.50. The van der Waals surface area contributed by atoms with E-state index in [9.17, 15) is 0 Å². The van der Waals surface area contributed by atoms with Gasteiger partial charge in [-0.25, -0.2) is 0 Å². The van der Waals surface area contributed by atoms with Crippen LogP contribution in [0.25, 0.3) is 0 Å². The highest BCUT2D eigenvalue weighted by molar-refractivity contribution is 4.80. The molecule has 0 amide bonds. The molecule has 0 bridgehead atoms. The summed E-state index contributed by atoms with van der Waals surface area (Å²) in [6, 6.07) is 0. The molecule has 0 saturated heterocycles. The monoisotopic (exact) mass is 272 g/mol. The molecule has 0 heterocycles. The highest BCUT2D eigenvalue weighted by Gasteiger charge is 2.07. The van der Waals surface area contributed by atoms with Crippen molar-refractivity contribution < 1.29 is 14.6 Å². The molecule has 0 aliphatic rings. The van der Waals surface area contributed by atoms with E-state index in [1.807, 2.05) is 0 Å². The number of hydrogen-bond acceptors (Lipinski definition) is 3. The third kappa shape index (κ3) is 13.8. The van der Waals surface area contributed by atoms with Gasteiger partial charge in [-0.1, -0.05) is 32.4 Å². The molecule has 0 fully saturated rings. The van der Waals surface area contributed by atoms with Crippen molar-refractivity contribution in [2.45, 2.75) is 71.5 Å². The second-order valence-corrected chi connectivity index (χ2v) is 4.79. The molecule has 19 heavy (non-hydrogen) atoms. The van der Waals surface area contributed by atoms with Crippen LogP contribution in [0.5, 0.6) is 0 Å². The minimum Gasteiger partial charge on any atom is -0.396 e. The maximum absolute atomic E-state index is 8.63. The lowest BCUT2D eigenvalue weighted by molar-refractivity contribution is -0.146. The lowest BCUT2D eigenvalue weighted by Gasteiger charge is -2.17. The van der Waals surface area contributed by atoms with Crippen LogP contribution in [0.2, 0.25) is 0 Å². The molecule has 0 unspecified atom stereocenters. The Hall–Kier alpha value is -0.380. The van der Waals surface area contributed by atoms with E-state index >= 15 is 0 Å². The Morgan fingerprint density at radius 1 is 0.895 bits per heavy atom. The number of ether oxygens (including phenoxy) is 2. The second kappa shape index (κ2) is 15.7. The summed E-state index contributed by atoms with van der Waals surface area (Å²) in [5, 5.41) is 8.63. The third-order valence-corrected chi connectivity index (χ3v) is 2.79. The summed E-state index contributed by atoms with van der Waals surface area (Å²) >= 11 is 0. The predicted octanol–water partition coefficient (Wildman–Crippen LogP) is 4.05. The average Bonchev–Trinajstić information content (AvgIpc) is 2.43. The number of hydrogen-bond donors (Lipinski definition) is 1. The summed E-state index contributed by atoms with van der Waals surface area (Å²) in [5.41, 5.74) is 0. The van der Waals surface area contributed by atoms with Crippen molar-refractivity contribution in [3.63, 3.8) is 0 Å². The topological polar surface area (TPSA) is 38.7 Å². The zero-order chi connectivity index (χ0) is 14.2. The molecule has 0 aliphatic heterocycles. The van der Waals surface area contributed by atoms with Crippen molar-refractivity contribution >= 4 is 0 Å². The maximum atomic E-state index is 8.63. The number of aliphatic hydroxyl groups excluding tert-OH is 1. The summed E-state index contributed by atoms with van der Waals surface area (Å²) < 4.78 is 11.4. The summed E-state index contributed by atoms with van der Waals surface area (Å²) in [5.74, 6) is 0. The van der Waals surface area contributed by atoms with E-state index < -0.39 is 0 Å². The Kier molecular flexibility index (Phi) is 15.4. The number of aliphatic hydroxyl groups is 1. The first kappa shape index (κ1) is 18.6. The van der Waals surface area contributed by atoms with Gasteiger partial charge in [0.15, 0.2) is 6.29 Å². The minimum absolute atomic E-state index is 0.00942. The summed E-state index contributed by atoms with van der Waals surface area (Å²) in [7, 11) is 0. The number of rotatable bonds is 14. The van der Waals surface area contributed by atoms with E-state index in [1.165, 1.54) is 12.8 Å². The number of allylic oxidation sites excluding steroid dienone is 1. The standard InChI is InChI=1S/C16H32O3/c1-3-14-18-16(19-15-4-2)12-10-8-6-5-7-9-11-13-17/h7,9,16-17H,3-6,8,10-15H2,1-2H3/b9-7-. The molecule has 0 radical (unpaired) electrons. The van der Waals surface area contributed by atoms with E-state index in [4.69, 9.17) is 14.6 Å². The van der Waals surface area contributed by atoms with Crippen LogP contribution in [0.15, 0.2) is 12.2 Å². The lowest BCUT2D eigenvalue weighted by Crippen LogP contribution is -2.18. The van der Waals surface area contributed by atoms with E-state index in [0.29, 0.717) is 0 Å². The molecular formula is C16H32O3. The fourth-order valence-corrected chi connectivity index (χ4v) is 1.77. The van der Waals surface area contributed by atoms with Crippen molar-refractivity contribution in [2.24, 2.45) is 0 Å². The fourth-order valence-electron chi connectivity index (χ4n) is 1.77. The summed E-state index contributed by atoms with van der Waals surface area (Å²) in [4.78, 5) is 0. The molecule has 114 valence electrons. The van der Waals surface area contributed by atoms with Crippen molar-refractivity contribution in [1.29, 1.82) is 0 Å². The van der Waals surface area contributed by atoms with Gasteiger partial charge in [-0.3, -0.25) is 0 Å². The lowest BCUT2D eigenvalue weighted by atomic mass is 10.1.